The zero-order valence-electron chi connectivity index (χ0n) is 15.2. The summed E-state index contributed by atoms with van der Waals surface area (Å²) in [5.41, 5.74) is 2.90. The Morgan fingerprint density at radius 1 is 0.846 bits per heavy atom. The van der Waals surface area contributed by atoms with Crippen LogP contribution in [0.1, 0.15) is 5.56 Å². The summed E-state index contributed by atoms with van der Waals surface area (Å²) in [6, 6.07) is 12.1. The number of nitrogens with zero attached hydrogens (tertiary/aromatic N) is 2. The molecule has 0 radical (unpaired) electrons. The molecular formula is C21H20N2O3. The van der Waals surface area contributed by atoms with Gasteiger partial charge in [-0.2, -0.15) is 0 Å². The molecule has 0 bridgehead atoms. The lowest BCUT2D eigenvalue weighted by Crippen LogP contribution is -2.00. The Hall–Kier alpha value is -3.21. The summed E-state index contributed by atoms with van der Waals surface area (Å²) in [7, 11) is 4.97. The molecule has 0 saturated heterocycles. The standard InChI is InChI=1S/C21H20N2O3/c1-13-18(24-2)15-10-11-23-16(17(15)20(26-4)19(13)25-3)12-22-21(23)14-8-6-5-7-9-14/h5-12H,1-4H3. The van der Waals surface area contributed by atoms with E-state index in [2.05, 4.69) is 9.38 Å². The molecule has 0 aliphatic carbocycles. The molecular weight excluding hydrogens is 328 g/mol. The van der Waals surface area contributed by atoms with E-state index in [9.17, 15) is 0 Å². The first-order valence-electron chi connectivity index (χ1n) is 8.35. The highest BCUT2D eigenvalue weighted by molar-refractivity contribution is 6.06. The van der Waals surface area contributed by atoms with Crippen LogP contribution in [0.2, 0.25) is 0 Å². The molecule has 0 N–H and O–H groups in total. The molecule has 132 valence electrons. The Morgan fingerprint density at radius 3 is 2.19 bits per heavy atom. The minimum Gasteiger partial charge on any atom is -0.496 e. The van der Waals surface area contributed by atoms with Crippen molar-refractivity contribution in [3.05, 3.63) is 54.4 Å². The third kappa shape index (κ3) is 2.20. The smallest absolute Gasteiger partial charge is 0.171 e. The van der Waals surface area contributed by atoms with Gasteiger partial charge in [-0.05, 0) is 13.0 Å². The predicted molar refractivity (Wildman–Crippen MR) is 103 cm³/mol. The number of ether oxygens (including phenoxy) is 3. The van der Waals surface area contributed by atoms with Crippen molar-refractivity contribution in [3.8, 4) is 28.6 Å². The van der Waals surface area contributed by atoms with Crippen LogP contribution in [0.4, 0.5) is 0 Å². The monoisotopic (exact) mass is 348 g/mol. The number of hydrogen-bond acceptors (Lipinski definition) is 4. The molecule has 26 heavy (non-hydrogen) atoms. The molecule has 0 fully saturated rings. The minimum absolute atomic E-state index is 0.674. The lowest BCUT2D eigenvalue weighted by atomic mass is 10.0. The van der Waals surface area contributed by atoms with E-state index >= 15 is 0 Å². The number of rotatable bonds is 4. The number of pyridine rings is 1. The number of aromatic nitrogens is 2. The first kappa shape index (κ1) is 16.3. The van der Waals surface area contributed by atoms with Crippen molar-refractivity contribution in [3.63, 3.8) is 0 Å². The number of methoxy groups -OCH3 is 3. The fraction of sp³-hybridized carbons (Fsp3) is 0.190. The molecule has 0 aliphatic rings. The van der Waals surface area contributed by atoms with Gasteiger partial charge < -0.3 is 14.2 Å². The van der Waals surface area contributed by atoms with Gasteiger partial charge in [-0.1, -0.05) is 30.3 Å². The second-order valence-electron chi connectivity index (χ2n) is 6.03. The van der Waals surface area contributed by atoms with Gasteiger partial charge in [-0.3, -0.25) is 4.40 Å². The van der Waals surface area contributed by atoms with E-state index in [1.54, 1.807) is 21.3 Å². The highest BCUT2D eigenvalue weighted by Crippen LogP contribution is 2.47. The van der Waals surface area contributed by atoms with E-state index in [0.29, 0.717) is 11.5 Å². The average molecular weight is 348 g/mol. The van der Waals surface area contributed by atoms with E-state index < -0.39 is 0 Å². The van der Waals surface area contributed by atoms with Gasteiger partial charge in [0.05, 0.1) is 38.4 Å². The Morgan fingerprint density at radius 2 is 1.54 bits per heavy atom. The van der Waals surface area contributed by atoms with Gasteiger partial charge >= 0.3 is 0 Å². The van der Waals surface area contributed by atoms with Crippen molar-refractivity contribution in [2.75, 3.05) is 21.3 Å². The lowest BCUT2D eigenvalue weighted by molar-refractivity contribution is 0.350. The van der Waals surface area contributed by atoms with Crippen molar-refractivity contribution in [1.29, 1.82) is 0 Å². The van der Waals surface area contributed by atoms with Crippen molar-refractivity contribution < 1.29 is 14.2 Å². The first-order valence-corrected chi connectivity index (χ1v) is 8.35. The summed E-state index contributed by atoms with van der Waals surface area (Å²) in [5.74, 6) is 3.02. The van der Waals surface area contributed by atoms with Gasteiger partial charge in [-0.25, -0.2) is 4.98 Å². The maximum absolute atomic E-state index is 5.73. The van der Waals surface area contributed by atoms with Crippen molar-refractivity contribution in [2.24, 2.45) is 0 Å². The van der Waals surface area contributed by atoms with Crippen LogP contribution in [-0.4, -0.2) is 30.7 Å². The SMILES string of the molecule is COc1c(C)c(OC)c2ccn3c(-c4ccccc4)ncc3c2c1OC. The average Bonchev–Trinajstić information content (AvgIpc) is 3.11. The molecule has 2 aromatic carbocycles. The van der Waals surface area contributed by atoms with Gasteiger partial charge in [-0.15, -0.1) is 0 Å². The molecule has 5 heteroatoms. The molecule has 0 saturated carbocycles. The van der Waals surface area contributed by atoms with Gasteiger partial charge in [0.1, 0.15) is 11.6 Å². The minimum atomic E-state index is 0.674. The largest absolute Gasteiger partial charge is 0.496 e. The third-order valence-corrected chi connectivity index (χ3v) is 4.72. The van der Waals surface area contributed by atoms with E-state index in [0.717, 1.165) is 39.0 Å². The van der Waals surface area contributed by atoms with E-state index in [1.165, 1.54) is 0 Å². The Kier molecular flexibility index (Phi) is 3.92. The zero-order chi connectivity index (χ0) is 18.3. The molecule has 2 heterocycles. The summed E-state index contributed by atoms with van der Waals surface area (Å²) in [4.78, 5) is 4.65. The van der Waals surface area contributed by atoms with Crippen LogP contribution in [0.3, 0.4) is 0 Å². The van der Waals surface area contributed by atoms with Crippen LogP contribution in [0.15, 0.2) is 48.8 Å². The molecule has 0 amide bonds. The first-order chi connectivity index (χ1) is 12.7. The molecule has 0 unspecified atom stereocenters. The molecule has 0 spiro atoms. The summed E-state index contributed by atoms with van der Waals surface area (Å²) in [6.07, 6.45) is 3.88. The van der Waals surface area contributed by atoms with Crippen molar-refractivity contribution in [2.45, 2.75) is 6.92 Å². The zero-order valence-corrected chi connectivity index (χ0v) is 15.2. The van der Waals surface area contributed by atoms with Crippen molar-refractivity contribution >= 4 is 16.3 Å². The van der Waals surface area contributed by atoms with Crippen LogP contribution < -0.4 is 14.2 Å². The van der Waals surface area contributed by atoms with E-state index in [4.69, 9.17) is 14.2 Å². The van der Waals surface area contributed by atoms with Gasteiger partial charge in [0.25, 0.3) is 0 Å². The normalized spacial score (nSPS) is 11.1. The summed E-state index contributed by atoms with van der Waals surface area (Å²) in [5, 5.41) is 1.89. The number of benzene rings is 2. The fourth-order valence-corrected chi connectivity index (χ4v) is 3.59. The second kappa shape index (κ2) is 6.26. The molecule has 2 aromatic heterocycles. The topological polar surface area (TPSA) is 45.0 Å². The lowest BCUT2D eigenvalue weighted by Gasteiger charge is -2.18. The summed E-state index contributed by atoms with van der Waals surface area (Å²) in [6.45, 7) is 1.97. The van der Waals surface area contributed by atoms with Crippen molar-refractivity contribution in [1.82, 2.24) is 9.38 Å². The summed E-state index contributed by atoms with van der Waals surface area (Å²) < 4.78 is 19.1. The van der Waals surface area contributed by atoms with E-state index in [1.807, 2.05) is 55.7 Å². The maximum atomic E-state index is 5.73. The number of imidazole rings is 1. The Bertz CT molecular complexity index is 1100. The van der Waals surface area contributed by atoms with Crippen LogP contribution in [0.5, 0.6) is 17.2 Å². The molecule has 0 aliphatic heterocycles. The summed E-state index contributed by atoms with van der Waals surface area (Å²) >= 11 is 0. The van der Waals surface area contributed by atoms with Crippen LogP contribution in [0, 0.1) is 6.92 Å². The highest BCUT2D eigenvalue weighted by atomic mass is 16.5. The third-order valence-electron chi connectivity index (χ3n) is 4.72. The molecule has 0 atom stereocenters. The van der Waals surface area contributed by atoms with Crippen LogP contribution in [-0.2, 0) is 0 Å². The van der Waals surface area contributed by atoms with Gasteiger partial charge in [0, 0.05) is 22.7 Å². The Balaban J connectivity index is 2.15. The van der Waals surface area contributed by atoms with Gasteiger partial charge in [0.2, 0.25) is 0 Å². The molecule has 4 rings (SSSR count). The quantitative estimate of drug-likeness (QED) is 0.545. The number of hydrogen-bond donors (Lipinski definition) is 0. The van der Waals surface area contributed by atoms with Gasteiger partial charge in [0.15, 0.2) is 11.5 Å². The Labute approximate surface area is 151 Å². The highest BCUT2D eigenvalue weighted by Gasteiger charge is 2.22. The van der Waals surface area contributed by atoms with Crippen LogP contribution in [0.25, 0.3) is 27.7 Å². The molecule has 5 nitrogen and oxygen atoms in total. The molecule has 4 aromatic rings. The van der Waals surface area contributed by atoms with Crippen LogP contribution >= 0.6 is 0 Å². The predicted octanol–water partition coefficient (Wildman–Crippen LogP) is 4.49. The number of fused-ring (bicyclic) bond motifs is 3. The maximum Gasteiger partial charge on any atom is 0.171 e. The second-order valence-corrected chi connectivity index (χ2v) is 6.03. The fourth-order valence-electron chi connectivity index (χ4n) is 3.59. The van der Waals surface area contributed by atoms with E-state index in [-0.39, 0.29) is 0 Å².